The van der Waals surface area contributed by atoms with Crippen LogP contribution >= 0.6 is 39.3 Å². The molecule has 3 N–H and O–H groups in total. The van der Waals surface area contributed by atoms with Crippen LogP contribution in [-0.2, 0) is 9.59 Å². The maximum Gasteiger partial charge on any atom is 0.272 e. The van der Waals surface area contributed by atoms with E-state index in [0.717, 1.165) is 20.5 Å². The number of nitrogens with one attached hydrogen (secondary N) is 3. The van der Waals surface area contributed by atoms with Crippen LogP contribution in [0.5, 0.6) is 0 Å². The molecule has 0 aliphatic carbocycles. The van der Waals surface area contributed by atoms with Gasteiger partial charge in [0.25, 0.3) is 11.8 Å². The Morgan fingerprint density at radius 1 is 0.878 bits per heavy atom. The number of amides is 3. The van der Waals surface area contributed by atoms with E-state index >= 15 is 0 Å². The average molecular weight is 649 g/mol. The Bertz CT molecular complexity index is 1590. The van der Waals surface area contributed by atoms with Gasteiger partial charge in [0.2, 0.25) is 5.91 Å². The summed E-state index contributed by atoms with van der Waals surface area (Å²) >= 11 is 10.9. The standard InChI is InChI=1S/C32H27BrClN3O3S/c1-20-11-12-25(34)19-28(20)36-30(38)21(2)41-27-15-13-26(14-16-27)35-32(40)29(18-22-7-6-10-24(33)17-22)37-31(39)23-8-4-3-5-9-23/h3-19,21H,1-2H3,(H,35,40)(H,36,38)(H,37,39)/b29-18-. The van der Waals surface area contributed by atoms with Gasteiger partial charge in [0.15, 0.2) is 0 Å². The molecule has 0 heterocycles. The highest BCUT2D eigenvalue weighted by Crippen LogP contribution is 2.27. The number of thioether (sulfide) groups is 1. The van der Waals surface area contributed by atoms with Crippen molar-refractivity contribution in [2.24, 2.45) is 0 Å². The van der Waals surface area contributed by atoms with Crippen LogP contribution in [0.4, 0.5) is 11.4 Å². The van der Waals surface area contributed by atoms with Crippen molar-refractivity contribution >= 4 is 74.5 Å². The van der Waals surface area contributed by atoms with Gasteiger partial charge < -0.3 is 16.0 Å². The van der Waals surface area contributed by atoms with Gasteiger partial charge in [-0.05, 0) is 91.7 Å². The van der Waals surface area contributed by atoms with E-state index in [2.05, 4.69) is 31.9 Å². The Kier molecular flexibility index (Phi) is 10.4. The van der Waals surface area contributed by atoms with E-state index < -0.39 is 11.8 Å². The van der Waals surface area contributed by atoms with E-state index in [1.807, 2.05) is 62.4 Å². The molecule has 0 bridgehead atoms. The molecule has 9 heteroatoms. The quantitative estimate of drug-likeness (QED) is 0.127. The zero-order valence-corrected chi connectivity index (χ0v) is 25.4. The molecule has 4 rings (SSSR count). The van der Waals surface area contributed by atoms with Crippen molar-refractivity contribution in [2.45, 2.75) is 24.0 Å². The smallest absolute Gasteiger partial charge is 0.272 e. The number of anilines is 2. The molecular weight excluding hydrogens is 622 g/mol. The van der Waals surface area contributed by atoms with Crippen molar-refractivity contribution in [1.82, 2.24) is 5.32 Å². The average Bonchev–Trinajstić information content (AvgIpc) is 2.96. The number of hydrogen-bond acceptors (Lipinski definition) is 4. The first-order valence-corrected chi connectivity index (χ1v) is 14.7. The largest absolute Gasteiger partial charge is 0.325 e. The summed E-state index contributed by atoms with van der Waals surface area (Å²) in [7, 11) is 0. The molecule has 0 aliphatic rings. The summed E-state index contributed by atoms with van der Waals surface area (Å²) in [4.78, 5) is 39.7. The zero-order valence-electron chi connectivity index (χ0n) is 22.3. The fourth-order valence-electron chi connectivity index (χ4n) is 3.74. The lowest BCUT2D eigenvalue weighted by atomic mass is 10.1. The minimum atomic E-state index is -0.473. The highest BCUT2D eigenvalue weighted by atomic mass is 79.9. The van der Waals surface area contributed by atoms with Gasteiger partial charge in [-0.25, -0.2) is 0 Å². The fraction of sp³-hybridized carbons (Fsp3) is 0.0938. The van der Waals surface area contributed by atoms with Gasteiger partial charge in [0.1, 0.15) is 5.70 Å². The van der Waals surface area contributed by atoms with Gasteiger partial charge in [0, 0.05) is 31.3 Å². The summed E-state index contributed by atoms with van der Waals surface area (Å²) in [5.41, 5.74) is 3.42. The monoisotopic (exact) mass is 647 g/mol. The molecule has 0 radical (unpaired) electrons. The molecule has 0 saturated heterocycles. The maximum atomic E-state index is 13.3. The van der Waals surface area contributed by atoms with Crippen LogP contribution in [0, 0.1) is 6.92 Å². The molecule has 1 atom stereocenters. The van der Waals surface area contributed by atoms with Gasteiger partial charge in [-0.1, -0.05) is 63.9 Å². The van der Waals surface area contributed by atoms with Crippen LogP contribution in [-0.4, -0.2) is 23.0 Å². The van der Waals surface area contributed by atoms with E-state index in [4.69, 9.17) is 11.6 Å². The Balaban J connectivity index is 1.43. The van der Waals surface area contributed by atoms with Crippen LogP contribution in [0.3, 0.4) is 0 Å². The number of benzene rings is 4. The molecule has 4 aromatic rings. The molecule has 0 saturated carbocycles. The van der Waals surface area contributed by atoms with Gasteiger partial charge in [0.05, 0.1) is 5.25 Å². The number of hydrogen-bond donors (Lipinski definition) is 3. The minimum Gasteiger partial charge on any atom is -0.325 e. The Morgan fingerprint density at radius 2 is 1.61 bits per heavy atom. The lowest BCUT2D eigenvalue weighted by molar-refractivity contribution is -0.115. The molecule has 6 nitrogen and oxygen atoms in total. The number of aryl methyl sites for hydroxylation is 1. The summed E-state index contributed by atoms with van der Waals surface area (Å²) in [5.74, 6) is -1.01. The summed E-state index contributed by atoms with van der Waals surface area (Å²) < 4.78 is 0.846. The summed E-state index contributed by atoms with van der Waals surface area (Å²) in [6, 6.07) is 28.6. The van der Waals surface area contributed by atoms with Crippen molar-refractivity contribution < 1.29 is 14.4 Å². The van der Waals surface area contributed by atoms with Crippen LogP contribution in [0.2, 0.25) is 5.02 Å². The van der Waals surface area contributed by atoms with Crippen molar-refractivity contribution in [2.75, 3.05) is 10.6 Å². The third kappa shape index (κ3) is 8.82. The first-order valence-electron chi connectivity index (χ1n) is 12.7. The predicted octanol–water partition coefficient (Wildman–Crippen LogP) is 7.94. The Morgan fingerprint density at radius 3 is 2.32 bits per heavy atom. The number of carbonyl (C=O) groups is 3. The van der Waals surface area contributed by atoms with Gasteiger partial charge in [-0.15, -0.1) is 11.8 Å². The van der Waals surface area contributed by atoms with Crippen molar-refractivity contribution in [3.63, 3.8) is 0 Å². The Hall–Kier alpha value is -3.85. The molecule has 0 fully saturated rings. The molecular formula is C32H27BrClN3O3S. The van der Waals surface area contributed by atoms with Crippen LogP contribution in [0.15, 0.2) is 112 Å². The van der Waals surface area contributed by atoms with E-state index in [1.165, 1.54) is 11.8 Å². The minimum absolute atomic E-state index is 0.0945. The molecule has 3 amide bonds. The molecule has 0 aromatic heterocycles. The lowest BCUT2D eigenvalue weighted by Gasteiger charge is -2.14. The second-order valence-corrected chi connectivity index (χ2v) is 11.9. The van der Waals surface area contributed by atoms with E-state index in [0.29, 0.717) is 22.0 Å². The highest BCUT2D eigenvalue weighted by molar-refractivity contribution is 9.10. The second-order valence-electron chi connectivity index (χ2n) is 9.12. The van der Waals surface area contributed by atoms with Gasteiger partial charge >= 0.3 is 0 Å². The summed E-state index contributed by atoms with van der Waals surface area (Å²) in [6.45, 7) is 3.73. The van der Waals surface area contributed by atoms with Crippen molar-refractivity contribution in [1.29, 1.82) is 0 Å². The van der Waals surface area contributed by atoms with Gasteiger partial charge in [-0.2, -0.15) is 0 Å². The normalized spacial score (nSPS) is 11.9. The SMILES string of the molecule is Cc1ccc(Cl)cc1NC(=O)C(C)Sc1ccc(NC(=O)/C(=C/c2cccc(Br)c2)NC(=O)c2ccccc2)cc1. The molecule has 4 aromatic carbocycles. The maximum absolute atomic E-state index is 13.3. The number of carbonyl (C=O) groups excluding carboxylic acids is 3. The van der Waals surface area contributed by atoms with Crippen LogP contribution < -0.4 is 16.0 Å². The Labute approximate surface area is 256 Å². The number of rotatable bonds is 9. The van der Waals surface area contributed by atoms with Crippen molar-refractivity contribution in [3.05, 3.63) is 129 Å². The van der Waals surface area contributed by atoms with Crippen LogP contribution in [0.25, 0.3) is 6.08 Å². The van der Waals surface area contributed by atoms with Gasteiger partial charge in [-0.3, -0.25) is 14.4 Å². The molecule has 208 valence electrons. The molecule has 0 spiro atoms. The third-order valence-electron chi connectivity index (χ3n) is 5.94. The zero-order chi connectivity index (χ0) is 29.4. The predicted molar refractivity (Wildman–Crippen MR) is 171 cm³/mol. The third-order valence-corrected chi connectivity index (χ3v) is 7.78. The molecule has 41 heavy (non-hydrogen) atoms. The second kappa shape index (κ2) is 14.2. The number of halogens is 2. The van der Waals surface area contributed by atoms with E-state index in [9.17, 15) is 14.4 Å². The fourth-order valence-corrected chi connectivity index (χ4v) is 5.20. The summed E-state index contributed by atoms with van der Waals surface area (Å²) in [6.07, 6.45) is 1.62. The van der Waals surface area contributed by atoms with Crippen LogP contribution in [0.1, 0.15) is 28.4 Å². The first kappa shape index (κ1) is 30.1. The molecule has 1 unspecified atom stereocenters. The van der Waals surface area contributed by atoms with Crippen molar-refractivity contribution in [3.8, 4) is 0 Å². The topological polar surface area (TPSA) is 87.3 Å². The highest BCUT2D eigenvalue weighted by Gasteiger charge is 2.17. The van der Waals surface area contributed by atoms with E-state index in [-0.39, 0.29) is 16.9 Å². The summed E-state index contributed by atoms with van der Waals surface area (Å²) in [5, 5.41) is 8.69. The van der Waals surface area contributed by atoms with E-state index in [1.54, 1.807) is 54.6 Å². The first-order chi connectivity index (χ1) is 19.7. The lowest BCUT2D eigenvalue weighted by Crippen LogP contribution is -2.30. The molecule has 0 aliphatic heterocycles.